The van der Waals surface area contributed by atoms with E-state index < -0.39 is 23.4 Å². The van der Waals surface area contributed by atoms with Crippen molar-refractivity contribution in [1.82, 2.24) is 10.1 Å². The summed E-state index contributed by atoms with van der Waals surface area (Å²) in [5.74, 6) is -3.16. The molecular formula is C29H25F2N5O4. The van der Waals surface area contributed by atoms with E-state index in [0.717, 1.165) is 11.6 Å². The molecule has 5 rings (SSSR count). The average Bonchev–Trinajstić information content (AvgIpc) is 3.35. The molecule has 40 heavy (non-hydrogen) atoms. The minimum Gasteiger partial charge on any atom is -0.455 e. The van der Waals surface area contributed by atoms with Crippen molar-refractivity contribution in [2.75, 3.05) is 18.1 Å². The van der Waals surface area contributed by atoms with Crippen molar-refractivity contribution < 1.29 is 17.7 Å². The quantitative estimate of drug-likeness (QED) is 0.189. The number of nitrogen functional groups attached to an aromatic ring is 1. The molecule has 9 nitrogen and oxygen atoms in total. The number of anilines is 2. The van der Waals surface area contributed by atoms with Gasteiger partial charge in [-0.05, 0) is 62.7 Å². The maximum atomic E-state index is 14.9. The van der Waals surface area contributed by atoms with Crippen molar-refractivity contribution in [2.45, 2.75) is 26.8 Å². The van der Waals surface area contributed by atoms with Crippen LogP contribution >= 0.6 is 0 Å². The van der Waals surface area contributed by atoms with Gasteiger partial charge in [0.2, 0.25) is 0 Å². The lowest BCUT2D eigenvalue weighted by molar-refractivity contribution is 0.387. The van der Waals surface area contributed by atoms with Gasteiger partial charge in [-0.2, -0.15) is 0 Å². The van der Waals surface area contributed by atoms with Gasteiger partial charge in [0.25, 0.3) is 0 Å². The van der Waals surface area contributed by atoms with Gasteiger partial charge >= 0.3 is 5.76 Å². The van der Waals surface area contributed by atoms with E-state index in [4.69, 9.17) is 10.2 Å². The number of aryl methyl sites for hydroxylation is 1. The summed E-state index contributed by atoms with van der Waals surface area (Å²) in [4.78, 5) is 31.3. The van der Waals surface area contributed by atoms with Crippen molar-refractivity contribution in [1.29, 1.82) is 0 Å². The maximum absolute atomic E-state index is 14.9. The van der Waals surface area contributed by atoms with Gasteiger partial charge in [0.15, 0.2) is 22.9 Å². The molecule has 4 N–H and O–H groups in total. The van der Waals surface area contributed by atoms with E-state index in [-0.39, 0.29) is 22.5 Å². The first-order valence-electron chi connectivity index (χ1n) is 12.3. The van der Waals surface area contributed by atoms with E-state index in [1.807, 2.05) is 13.0 Å². The Morgan fingerprint density at radius 3 is 2.60 bits per heavy atom. The number of hydrogen-bond acceptors (Lipinski definition) is 8. The summed E-state index contributed by atoms with van der Waals surface area (Å²) in [7, 11) is 1.63. The van der Waals surface area contributed by atoms with Crippen molar-refractivity contribution in [2.24, 2.45) is 4.99 Å². The number of benzene rings is 3. The van der Waals surface area contributed by atoms with E-state index in [9.17, 15) is 18.4 Å². The molecule has 0 saturated carbocycles. The van der Waals surface area contributed by atoms with Gasteiger partial charge in [0.1, 0.15) is 11.3 Å². The molecule has 0 radical (unpaired) electrons. The van der Waals surface area contributed by atoms with Gasteiger partial charge < -0.3 is 15.5 Å². The van der Waals surface area contributed by atoms with Crippen LogP contribution in [-0.4, -0.2) is 23.4 Å². The summed E-state index contributed by atoms with van der Waals surface area (Å²) in [6, 6.07) is 10.6. The molecule has 11 heteroatoms. The van der Waals surface area contributed by atoms with E-state index in [0.29, 0.717) is 44.7 Å². The molecule has 2 heterocycles. The van der Waals surface area contributed by atoms with Crippen LogP contribution in [0.15, 0.2) is 66.0 Å². The van der Waals surface area contributed by atoms with Gasteiger partial charge in [0.05, 0.1) is 17.0 Å². The molecule has 0 aliphatic carbocycles. The highest BCUT2D eigenvalue weighted by molar-refractivity contribution is 5.90. The molecule has 0 unspecified atom stereocenters. The van der Waals surface area contributed by atoms with Crippen molar-refractivity contribution >= 4 is 28.6 Å². The Labute approximate surface area is 226 Å². The first kappa shape index (κ1) is 26.5. The molecule has 0 aliphatic heterocycles. The van der Waals surface area contributed by atoms with Gasteiger partial charge in [0, 0.05) is 46.9 Å². The zero-order chi connectivity index (χ0) is 28.7. The third kappa shape index (κ3) is 4.66. The maximum Gasteiger partial charge on any atom is 0.439 e. The molecular weight excluding hydrogens is 520 g/mol. The Kier molecular flexibility index (Phi) is 6.80. The van der Waals surface area contributed by atoms with E-state index >= 15 is 0 Å². The van der Waals surface area contributed by atoms with E-state index in [2.05, 4.69) is 25.0 Å². The molecule has 0 amide bonds. The lowest BCUT2D eigenvalue weighted by atomic mass is 9.98. The monoisotopic (exact) mass is 545 g/mol. The topological polar surface area (TPSA) is 140 Å². The zero-order valence-corrected chi connectivity index (χ0v) is 22.1. The lowest BCUT2D eigenvalue weighted by Gasteiger charge is -2.20. The molecule has 2 aromatic heterocycles. The predicted octanol–water partition coefficient (Wildman–Crippen LogP) is 5.50. The molecule has 5 aromatic rings. The van der Waals surface area contributed by atoms with Crippen LogP contribution in [0.3, 0.4) is 0 Å². The highest BCUT2D eigenvalue weighted by Crippen LogP contribution is 2.36. The summed E-state index contributed by atoms with van der Waals surface area (Å²) in [6.45, 7) is 5.32. The number of aromatic nitrogens is 2. The number of aromatic amines is 1. The fraction of sp³-hybridized carbons (Fsp3) is 0.172. The Morgan fingerprint density at radius 2 is 1.90 bits per heavy atom. The second kappa shape index (κ2) is 10.3. The van der Waals surface area contributed by atoms with Crippen LogP contribution in [0.4, 0.5) is 20.2 Å². The summed E-state index contributed by atoms with van der Waals surface area (Å²) in [6.07, 6.45) is 1.62. The predicted molar refractivity (Wildman–Crippen MR) is 150 cm³/mol. The molecule has 3 aromatic carbocycles. The van der Waals surface area contributed by atoms with Crippen molar-refractivity contribution in [3.05, 3.63) is 97.1 Å². The Balaban J connectivity index is 1.67. The highest BCUT2D eigenvalue weighted by Gasteiger charge is 2.23. The van der Waals surface area contributed by atoms with Crippen LogP contribution in [0.5, 0.6) is 0 Å². The van der Waals surface area contributed by atoms with Crippen LogP contribution in [0.2, 0.25) is 0 Å². The number of nitrogens with one attached hydrogen (secondary N) is 2. The number of nitrogens with two attached hydrogens (primary N) is 1. The fourth-order valence-corrected chi connectivity index (χ4v) is 4.68. The van der Waals surface area contributed by atoms with Gasteiger partial charge in [-0.1, -0.05) is 11.2 Å². The lowest BCUT2D eigenvalue weighted by Crippen LogP contribution is -2.13. The van der Waals surface area contributed by atoms with Crippen molar-refractivity contribution in [3.63, 3.8) is 0 Å². The fourth-order valence-electron chi connectivity index (χ4n) is 4.68. The molecule has 204 valence electrons. The highest BCUT2D eigenvalue weighted by atomic mass is 19.2. The van der Waals surface area contributed by atoms with Gasteiger partial charge in [-0.25, -0.2) is 13.6 Å². The summed E-state index contributed by atoms with van der Waals surface area (Å²) in [5.41, 5.74) is 9.71. The second-order valence-electron chi connectivity index (χ2n) is 9.44. The molecule has 0 bridgehead atoms. The number of hydrogen-bond donors (Lipinski definition) is 3. The Bertz CT molecular complexity index is 1920. The SMILES string of the molecule is CN=Cc1cc(-c2oc3c([C@@H](C)Nc4ccc(F)c(F)c4-c4noc(=O)[nH]4)cc(C)cc3c(=O)c2C)ccc1N. The molecule has 1 atom stereocenters. The third-order valence-electron chi connectivity index (χ3n) is 6.62. The zero-order valence-electron chi connectivity index (χ0n) is 22.1. The number of H-pyrrole nitrogens is 1. The normalized spacial score (nSPS) is 12.3. The molecule has 0 aliphatic rings. The smallest absolute Gasteiger partial charge is 0.439 e. The minimum atomic E-state index is -1.21. The van der Waals surface area contributed by atoms with Crippen LogP contribution in [0.1, 0.15) is 35.2 Å². The minimum absolute atomic E-state index is 0.141. The van der Waals surface area contributed by atoms with Gasteiger partial charge in [-0.3, -0.25) is 19.3 Å². The third-order valence-corrected chi connectivity index (χ3v) is 6.62. The van der Waals surface area contributed by atoms with E-state index in [1.54, 1.807) is 51.4 Å². The Morgan fingerprint density at radius 1 is 1.12 bits per heavy atom. The van der Waals surface area contributed by atoms with E-state index in [1.165, 1.54) is 6.07 Å². The molecule has 0 spiro atoms. The average molecular weight is 546 g/mol. The summed E-state index contributed by atoms with van der Waals surface area (Å²) in [5, 5.41) is 7.04. The van der Waals surface area contributed by atoms with Crippen LogP contribution < -0.4 is 22.2 Å². The molecule has 0 fully saturated rings. The Hall–Kier alpha value is -5.06. The first-order chi connectivity index (χ1) is 19.1. The van der Waals surface area contributed by atoms with Crippen molar-refractivity contribution in [3.8, 4) is 22.7 Å². The number of nitrogens with zero attached hydrogens (tertiary/aromatic N) is 2. The van der Waals surface area contributed by atoms with Crippen LogP contribution in [0.25, 0.3) is 33.7 Å². The second-order valence-corrected chi connectivity index (χ2v) is 9.44. The standard InChI is InChI=1S/C29H25F2N5O4/c1-13-9-18(15(3)34-22-8-6-20(30)24(31)23(22)28-35-29(38)40-36-28)27-19(10-13)25(37)14(2)26(39-27)16-5-7-21(32)17(11-16)12-33-4/h5-12,15,34H,32H2,1-4H3,(H,35,36,38)/t15-/m1/s1. The number of fused-ring (bicyclic) bond motifs is 1. The summed E-state index contributed by atoms with van der Waals surface area (Å²) >= 11 is 0. The van der Waals surface area contributed by atoms with Gasteiger partial charge in [-0.15, -0.1) is 0 Å². The first-order valence-corrected chi connectivity index (χ1v) is 12.3. The van der Waals surface area contributed by atoms with Crippen LogP contribution in [-0.2, 0) is 0 Å². The largest absolute Gasteiger partial charge is 0.455 e. The summed E-state index contributed by atoms with van der Waals surface area (Å²) < 4.78 is 39.9. The molecule has 0 saturated heterocycles. The number of aliphatic imine (C=N–C) groups is 1. The number of halogens is 2. The van der Waals surface area contributed by atoms with Crippen LogP contribution in [0, 0.1) is 25.5 Å². The number of rotatable bonds is 6.